The van der Waals surface area contributed by atoms with Crippen molar-refractivity contribution >= 4 is 33.3 Å². The summed E-state index contributed by atoms with van der Waals surface area (Å²) in [4.78, 5) is 11.6. The van der Waals surface area contributed by atoms with Crippen LogP contribution in [0.5, 0.6) is 0 Å². The molecule has 2 aromatic carbocycles. The largest absolute Gasteiger partial charge is 0.456 e. The summed E-state index contributed by atoms with van der Waals surface area (Å²) in [6, 6.07) is 12.2. The van der Waals surface area contributed by atoms with Crippen molar-refractivity contribution in [1.29, 1.82) is 0 Å². The van der Waals surface area contributed by atoms with Crippen LogP contribution in [0, 0.1) is 0 Å². The first-order chi connectivity index (χ1) is 9.22. The topological polar surface area (TPSA) is 30.2 Å². The fourth-order valence-corrected chi connectivity index (χ4v) is 2.88. The molecule has 0 atom stereocenters. The molecular weight excluding hydrogens is 236 g/mol. The zero-order chi connectivity index (χ0) is 13.0. The zero-order valence-corrected chi connectivity index (χ0v) is 10.6. The number of hydrogen-bond donors (Lipinski definition) is 0. The van der Waals surface area contributed by atoms with Crippen LogP contribution in [0.3, 0.4) is 0 Å². The van der Waals surface area contributed by atoms with Gasteiger partial charge < -0.3 is 4.42 Å². The van der Waals surface area contributed by atoms with Crippen molar-refractivity contribution in [2.24, 2.45) is 0 Å². The Morgan fingerprint density at radius 3 is 2.79 bits per heavy atom. The standard InChI is InChI=1S/C17H12O2/c1-10-6-12(18)7-11-8-17-15(9-14(10)11)13-4-2-3-5-16(13)19-17/h2-6,8-9H,7H2,1H3. The lowest BCUT2D eigenvalue weighted by molar-refractivity contribution is -0.114. The van der Waals surface area contributed by atoms with Gasteiger partial charge in [-0.1, -0.05) is 18.2 Å². The fraction of sp³-hybridized carbons (Fsp3) is 0.118. The summed E-state index contributed by atoms with van der Waals surface area (Å²) >= 11 is 0. The molecule has 1 aliphatic rings. The summed E-state index contributed by atoms with van der Waals surface area (Å²) in [5.74, 6) is 0.167. The van der Waals surface area contributed by atoms with Crippen molar-refractivity contribution in [2.45, 2.75) is 13.3 Å². The number of fused-ring (bicyclic) bond motifs is 4. The minimum Gasteiger partial charge on any atom is -0.456 e. The SMILES string of the molecule is CC1=CC(=O)Cc2cc3oc4ccccc4c3cc21. The molecule has 92 valence electrons. The van der Waals surface area contributed by atoms with E-state index in [2.05, 4.69) is 12.1 Å². The van der Waals surface area contributed by atoms with Gasteiger partial charge in [0.2, 0.25) is 0 Å². The van der Waals surface area contributed by atoms with Gasteiger partial charge in [0.25, 0.3) is 0 Å². The molecule has 0 fully saturated rings. The molecule has 1 aliphatic carbocycles. The van der Waals surface area contributed by atoms with Gasteiger partial charge in [-0.2, -0.15) is 0 Å². The predicted molar refractivity (Wildman–Crippen MR) is 76.1 cm³/mol. The molecule has 2 nitrogen and oxygen atoms in total. The molecule has 0 amide bonds. The summed E-state index contributed by atoms with van der Waals surface area (Å²) in [5.41, 5.74) is 5.03. The molecule has 0 saturated heterocycles. The third-order valence-corrected chi connectivity index (χ3v) is 3.77. The zero-order valence-electron chi connectivity index (χ0n) is 10.6. The van der Waals surface area contributed by atoms with Gasteiger partial charge in [-0.3, -0.25) is 4.79 Å². The lowest BCUT2D eigenvalue weighted by atomic mass is 9.90. The number of allylic oxidation sites excluding steroid dienone is 2. The second-order valence-corrected chi connectivity index (χ2v) is 5.07. The first-order valence-corrected chi connectivity index (χ1v) is 6.38. The number of hydrogen-bond acceptors (Lipinski definition) is 2. The van der Waals surface area contributed by atoms with E-state index in [9.17, 15) is 4.79 Å². The molecule has 0 spiro atoms. The maximum Gasteiger partial charge on any atom is 0.160 e. The third-order valence-electron chi connectivity index (χ3n) is 3.77. The Labute approximate surface area is 110 Å². The molecule has 0 unspecified atom stereocenters. The highest BCUT2D eigenvalue weighted by Crippen LogP contribution is 2.34. The predicted octanol–water partition coefficient (Wildman–Crippen LogP) is 4.11. The molecule has 19 heavy (non-hydrogen) atoms. The number of rotatable bonds is 0. The molecule has 4 rings (SSSR count). The van der Waals surface area contributed by atoms with Crippen molar-refractivity contribution in [3.05, 3.63) is 53.6 Å². The molecule has 1 heterocycles. The van der Waals surface area contributed by atoms with Gasteiger partial charge >= 0.3 is 0 Å². The van der Waals surface area contributed by atoms with Gasteiger partial charge in [0, 0.05) is 17.2 Å². The van der Waals surface area contributed by atoms with E-state index < -0.39 is 0 Å². The number of furan rings is 1. The van der Waals surface area contributed by atoms with E-state index in [0.717, 1.165) is 33.1 Å². The van der Waals surface area contributed by atoms with Crippen LogP contribution in [-0.4, -0.2) is 5.78 Å². The van der Waals surface area contributed by atoms with E-state index in [-0.39, 0.29) is 5.78 Å². The van der Waals surface area contributed by atoms with Crippen molar-refractivity contribution < 1.29 is 9.21 Å². The Kier molecular flexibility index (Phi) is 1.99. The molecule has 2 heteroatoms. The van der Waals surface area contributed by atoms with Crippen LogP contribution in [0.25, 0.3) is 27.5 Å². The van der Waals surface area contributed by atoms with Crippen LogP contribution >= 0.6 is 0 Å². The van der Waals surface area contributed by atoms with Crippen LogP contribution in [-0.2, 0) is 11.2 Å². The second-order valence-electron chi connectivity index (χ2n) is 5.07. The van der Waals surface area contributed by atoms with Gasteiger partial charge in [-0.15, -0.1) is 0 Å². The maximum atomic E-state index is 11.6. The smallest absolute Gasteiger partial charge is 0.160 e. The number of ketones is 1. The maximum absolute atomic E-state index is 11.6. The van der Waals surface area contributed by atoms with Crippen LogP contribution in [0.2, 0.25) is 0 Å². The first-order valence-electron chi connectivity index (χ1n) is 6.38. The molecule has 0 bridgehead atoms. The Balaban J connectivity index is 2.12. The average molecular weight is 248 g/mol. The van der Waals surface area contributed by atoms with Crippen LogP contribution < -0.4 is 0 Å². The lowest BCUT2D eigenvalue weighted by Crippen LogP contribution is -2.07. The van der Waals surface area contributed by atoms with Crippen LogP contribution in [0.1, 0.15) is 18.1 Å². The minimum absolute atomic E-state index is 0.167. The van der Waals surface area contributed by atoms with Crippen LogP contribution in [0.4, 0.5) is 0 Å². The summed E-state index contributed by atoms with van der Waals surface area (Å²) in [5, 5.41) is 2.25. The van der Waals surface area contributed by atoms with E-state index >= 15 is 0 Å². The van der Waals surface area contributed by atoms with Gasteiger partial charge in [-0.05, 0) is 47.9 Å². The highest BCUT2D eigenvalue weighted by atomic mass is 16.3. The molecule has 0 aliphatic heterocycles. The lowest BCUT2D eigenvalue weighted by Gasteiger charge is -2.13. The minimum atomic E-state index is 0.167. The Bertz CT molecular complexity index is 865. The number of para-hydroxylation sites is 1. The number of carbonyl (C=O) groups excluding carboxylic acids is 1. The van der Waals surface area contributed by atoms with Gasteiger partial charge in [0.15, 0.2) is 5.78 Å². The van der Waals surface area contributed by atoms with E-state index in [0.29, 0.717) is 6.42 Å². The highest BCUT2D eigenvalue weighted by molar-refractivity contribution is 6.08. The van der Waals surface area contributed by atoms with Crippen molar-refractivity contribution in [3.8, 4) is 0 Å². The Morgan fingerprint density at radius 1 is 1.05 bits per heavy atom. The molecule has 0 N–H and O–H groups in total. The summed E-state index contributed by atoms with van der Waals surface area (Å²) in [6.07, 6.45) is 2.20. The quantitative estimate of drug-likeness (QED) is 0.599. The van der Waals surface area contributed by atoms with E-state index in [4.69, 9.17) is 4.42 Å². The van der Waals surface area contributed by atoms with E-state index in [1.165, 1.54) is 5.56 Å². The van der Waals surface area contributed by atoms with Gasteiger partial charge in [0.1, 0.15) is 11.2 Å². The molecular formula is C17H12O2. The van der Waals surface area contributed by atoms with Crippen molar-refractivity contribution in [2.75, 3.05) is 0 Å². The Morgan fingerprint density at radius 2 is 1.89 bits per heavy atom. The molecule has 0 radical (unpaired) electrons. The van der Waals surface area contributed by atoms with Crippen molar-refractivity contribution in [1.82, 2.24) is 0 Å². The molecule has 0 saturated carbocycles. The van der Waals surface area contributed by atoms with Gasteiger partial charge in [0.05, 0.1) is 0 Å². The highest BCUT2D eigenvalue weighted by Gasteiger charge is 2.17. The third kappa shape index (κ3) is 1.46. The normalized spacial score (nSPS) is 14.8. The fourth-order valence-electron chi connectivity index (χ4n) is 2.88. The van der Waals surface area contributed by atoms with Crippen LogP contribution in [0.15, 0.2) is 46.9 Å². The average Bonchev–Trinajstić information content (AvgIpc) is 2.74. The number of carbonyl (C=O) groups is 1. The van der Waals surface area contributed by atoms with Gasteiger partial charge in [-0.25, -0.2) is 0 Å². The molecule has 3 aromatic rings. The second kappa shape index (κ2) is 3.58. The first kappa shape index (κ1) is 10.6. The molecule has 1 aromatic heterocycles. The van der Waals surface area contributed by atoms with E-state index in [1.807, 2.05) is 31.2 Å². The summed E-state index contributed by atoms with van der Waals surface area (Å²) in [7, 11) is 0. The number of benzene rings is 2. The summed E-state index contributed by atoms with van der Waals surface area (Å²) in [6.45, 7) is 1.99. The van der Waals surface area contributed by atoms with Crippen molar-refractivity contribution in [3.63, 3.8) is 0 Å². The van der Waals surface area contributed by atoms with E-state index in [1.54, 1.807) is 6.08 Å². The summed E-state index contributed by atoms with van der Waals surface area (Å²) < 4.78 is 5.86. The Hall–Kier alpha value is -2.35. The monoisotopic (exact) mass is 248 g/mol.